The third-order valence-corrected chi connectivity index (χ3v) is 5.76. The highest BCUT2D eigenvalue weighted by Crippen LogP contribution is 2.11. The Kier molecular flexibility index (Phi) is 23.1. The Morgan fingerprint density at radius 3 is 1.07 bits per heavy atom. The molecule has 0 N–H and O–H groups in total. The van der Waals surface area contributed by atoms with Crippen molar-refractivity contribution < 1.29 is 19.1 Å². The van der Waals surface area contributed by atoms with Crippen molar-refractivity contribution in [3.8, 4) is 0 Å². The largest absolute Gasteiger partial charge is 0.462 e. The highest BCUT2D eigenvalue weighted by atomic mass is 79.9. The molecular weight excluding hydrogens is 488 g/mol. The van der Waals surface area contributed by atoms with Gasteiger partial charge in [-0.2, -0.15) is 0 Å². The van der Waals surface area contributed by atoms with Crippen LogP contribution in [0.2, 0.25) is 0 Å². The molecule has 6 heteroatoms. The van der Waals surface area contributed by atoms with Crippen molar-refractivity contribution in [2.75, 3.05) is 23.9 Å². The first-order chi connectivity index (χ1) is 13.7. The summed E-state index contributed by atoms with van der Waals surface area (Å²) in [7, 11) is 0. The predicted molar refractivity (Wildman–Crippen MR) is 123 cm³/mol. The summed E-state index contributed by atoms with van der Waals surface area (Å²) < 4.78 is 10.2. The Balaban J connectivity index is 3.30. The number of esters is 2. The van der Waals surface area contributed by atoms with Crippen LogP contribution in [0.5, 0.6) is 0 Å². The van der Waals surface area contributed by atoms with Crippen molar-refractivity contribution in [3.05, 3.63) is 0 Å². The summed E-state index contributed by atoms with van der Waals surface area (Å²) in [4.78, 5) is 23.3. The first kappa shape index (κ1) is 27.9. The Morgan fingerprint density at radius 1 is 0.464 bits per heavy atom. The number of halogens is 2. The molecule has 0 saturated carbocycles. The lowest BCUT2D eigenvalue weighted by Gasteiger charge is -2.07. The van der Waals surface area contributed by atoms with E-state index in [1.807, 2.05) is 0 Å². The molecule has 0 bridgehead atoms. The minimum atomic E-state index is -0.185. The van der Waals surface area contributed by atoms with Gasteiger partial charge in [0.1, 0.15) is 13.2 Å². The van der Waals surface area contributed by atoms with E-state index < -0.39 is 0 Å². The number of unbranched alkanes of at least 4 members (excludes halogenated alkanes) is 12. The topological polar surface area (TPSA) is 52.6 Å². The normalized spacial score (nSPS) is 10.8. The number of carbonyl (C=O) groups is 2. The van der Waals surface area contributed by atoms with Crippen LogP contribution in [0.3, 0.4) is 0 Å². The van der Waals surface area contributed by atoms with E-state index >= 15 is 0 Å². The van der Waals surface area contributed by atoms with Crippen molar-refractivity contribution in [2.45, 2.75) is 103 Å². The molecule has 0 aliphatic carbocycles. The molecule has 28 heavy (non-hydrogen) atoms. The smallest absolute Gasteiger partial charge is 0.305 e. The van der Waals surface area contributed by atoms with E-state index in [1.165, 1.54) is 64.2 Å². The number of alkyl halides is 2. The van der Waals surface area contributed by atoms with Gasteiger partial charge in [-0.15, -0.1) is 0 Å². The minimum Gasteiger partial charge on any atom is -0.462 e. The van der Waals surface area contributed by atoms with E-state index in [-0.39, 0.29) is 25.2 Å². The first-order valence-electron chi connectivity index (χ1n) is 11.1. The van der Waals surface area contributed by atoms with Crippen LogP contribution < -0.4 is 0 Å². The van der Waals surface area contributed by atoms with Crippen molar-refractivity contribution >= 4 is 43.8 Å². The summed E-state index contributed by atoms with van der Waals surface area (Å²) in [5.41, 5.74) is 0. The lowest BCUT2D eigenvalue weighted by atomic mass is 10.1. The number of ether oxygens (including phenoxy) is 2. The SMILES string of the molecule is O=C(CCCCCCCCCBr)OCCOC(=O)CCCCCCCCCBr. The molecule has 0 aromatic carbocycles. The molecule has 0 aromatic heterocycles. The maximum atomic E-state index is 11.6. The van der Waals surface area contributed by atoms with Crippen LogP contribution >= 0.6 is 31.9 Å². The molecule has 0 fully saturated rings. The van der Waals surface area contributed by atoms with E-state index in [0.717, 1.165) is 36.3 Å². The fourth-order valence-corrected chi connectivity index (χ4v) is 3.74. The fourth-order valence-electron chi connectivity index (χ4n) is 2.95. The van der Waals surface area contributed by atoms with Gasteiger partial charge in [0.25, 0.3) is 0 Å². The van der Waals surface area contributed by atoms with Gasteiger partial charge < -0.3 is 9.47 Å². The summed E-state index contributed by atoms with van der Waals surface area (Å²) in [6.07, 6.45) is 17.3. The van der Waals surface area contributed by atoms with E-state index in [1.54, 1.807) is 0 Å². The highest BCUT2D eigenvalue weighted by Gasteiger charge is 2.05. The molecule has 0 unspecified atom stereocenters. The third kappa shape index (κ3) is 22.2. The van der Waals surface area contributed by atoms with Gasteiger partial charge in [-0.1, -0.05) is 96.1 Å². The lowest BCUT2D eigenvalue weighted by Crippen LogP contribution is -2.13. The molecule has 0 saturated heterocycles. The van der Waals surface area contributed by atoms with Crippen molar-refractivity contribution in [3.63, 3.8) is 0 Å². The first-order valence-corrected chi connectivity index (χ1v) is 13.4. The molecule has 0 amide bonds. The molecule has 0 heterocycles. The average molecular weight is 528 g/mol. The highest BCUT2D eigenvalue weighted by molar-refractivity contribution is 9.09. The fraction of sp³-hybridized carbons (Fsp3) is 0.909. The monoisotopic (exact) mass is 526 g/mol. The Hall–Kier alpha value is -0.100. The van der Waals surface area contributed by atoms with Crippen LogP contribution in [0.15, 0.2) is 0 Å². The molecule has 0 aliphatic heterocycles. The standard InChI is InChI=1S/C22H40Br2O4/c23-17-13-9-5-1-3-7-11-15-21(25)27-19-20-28-22(26)16-12-8-4-2-6-10-14-18-24/h1-20H2. The maximum Gasteiger partial charge on any atom is 0.305 e. The number of hydrogen-bond acceptors (Lipinski definition) is 4. The molecule has 0 atom stereocenters. The summed E-state index contributed by atoms with van der Waals surface area (Å²) >= 11 is 6.88. The third-order valence-electron chi connectivity index (χ3n) is 4.64. The second-order valence-corrected chi connectivity index (χ2v) is 8.85. The summed E-state index contributed by atoms with van der Waals surface area (Å²) in [5, 5.41) is 2.18. The van der Waals surface area contributed by atoms with E-state index in [0.29, 0.717) is 12.8 Å². The van der Waals surface area contributed by atoms with Gasteiger partial charge in [-0.3, -0.25) is 9.59 Å². The summed E-state index contributed by atoms with van der Waals surface area (Å²) in [6, 6.07) is 0. The van der Waals surface area contributed by atoms with Gasteiger partial charge in [0.05, 0.1) is 0 Å². The molecule has 0 aliphatic rings. The zero-order chi connectivity index (χ0) is 20.7. The van der Waals surface area contributed by atoms with Crippen LogP contribution in [0.1, 0.15) is 103 Å². The molecule has 0 rings (SSSR count). The van der Waals surface area contributed by atoms with Crippen LogP contribution in [0.4, 0.5) is 0 Å². The number of rotatable bonds is 21. The van der Waals surface area contributed by atoms with E-state index in [4.69, 9.17) is 9.47 Å². The van der Waals surface area contributed by atoms with Crippen molar-refractivity contribution in [1.29, 1.82) is 0 Å². The van der Waals surface area contributed by atoms with Crippen LogP contribution in [-0.2, 0) is 19.1 Å². The second-order valence-electron chi connectivity index (χ2n) is 7.27. The lowest BCUT2D eigenvalue weighted by molar-refractivity contribution is -0.152. The van der Waals surface area contributed by atoms with Gasteiger partial charge in [-0.25, -0.2) is 0 Å². The quantitative estimate of drug-likeness (QED) is 0.0906. The summed E-state index contributed by atoms with van der Waals surface area (Å²) in [5.74, 6) is -0.370. The molecule has 0 aromatic rings. The Morgan fingerprint density at radius 2 is 0.750 bits per heavy atom. The second kappa shape index (κ2) is 23.2. The Labute approximate surface area is 189 Å². The van der Waals surface area contributed by atoms with Crippen LogP contribution in [0.25, 0.3) is 0 Å². The average Bonchev–Trinajstić information content (AvgIpc) is 2.69. The predicted octanol–water partition coefficient (Wildman–Crippen LogP) is 7.10. The summed E-state index contributed by atoms with van der Waals surface area (Å²) in [6.45, 7) is 0.343. The van der Waals surface area contributed by atoms with Gasteiger partial charge in [-0.05, 0) is 25.7 Å². The van der Waals surface area contributed by atoms with Gasteiger partial charge >= 0.3 is 11.9 Å². The Bertz CT molecular complexity index is 330. The zero-order valence-electron chi connectivity index (χ0n) is 17.5. The van der Waals surface area contributed by atoms with E-state index in [2.05, 4.69) is 31.9 Å². The molecule has 166 valence electrons. The number of hydrogen-bond donors (Lipinski definition) is 0. The number of carbonyl (C=O) groups excluding carboxylic acids is 2. The van der Waals surface area contributed by atoms with Crippen molar-refractivity contribution in [1.82, 2.24) is 0 Å². The maximum absolute atomic E-state index is 11.6. The zero-order valence-corrected chi connectivity index (χ0v) is 20.7. The van der Waals surface area contributed by atoms with Gasteiger partial charge in [0, 0.05) is 23.5 Å². The van der Waals surface area contributed by atoms with Crippen molar-refractivity contribution in [2.24, 2.45) is 0 Å². The molecule has 0 radical (unpaired) electrons. The molecule has 4 nitrogen and oxygen atoms in total. The molecule has 0 spiro atoms. The molecular formula is C22H40Br2O4. The van der Waals surface area contributed by atoms with Gasteiger partial charge in [0.2, 0.25) is 0 Å². The van der Waals surface area contributed by atoms with E-state index in [9.17, 15) is 9.59 Å². The van der Waals surface area contributed by atoms with Gasteiger partial charge in [0.15, 0.2) is 0 Å². The minimum absolute atomic E-state index is 0.171. The van der Waals surface area contributed by atoms with Crippen LogP contribution in [0, 0.1) is 0 Å². The van der Waals surface area contributed by atoms with Crippen LogP contribution in [-0.4, -0.2) is 35.8 Å².